The summed E-state index contributed by atoms with van der Waals surface area (Å²) in [6.07, 6.45) is 0.711. The average molecular weight is 616 g/mol. The molecule has 0 aliphatic rings. The number of aryl methyl sites for hydroxylation is 1. The van der Waals surface area contributed by atoms with Crippen molar-refractivity contribution in [2.24, 2.45) is 0 Å². The maximum atomic E-state index is 14.1. The van der Waals surface area contributed by atoms with Crippen molar-refractivity contribution < 1.29 is 27.5 Å². The molecule has 0 aliphatic carbocycles. The second-order valence-corrected chi connectivity index (χ2v) is 12.3. The SMILES string of the molecule is CC[C@H](C)NC(=O)[C@H](C)N(Cc1cccc(Cl)c1)C(=O)CN(c1ccc(OC)c(OC)c1)S(=O)(=O)c1ccc(C)cc1. The molecule has 3 aromatic rings. The van der Waals surface area contributed by atoms with Gasteiger partial charge in [-0.05, 0) is 69.2 Å². The number of hydrogen-bond acceptors (Lipinski definition) is 6. The molecule has 42 heavy (non-hydrogen) atoms. The van der Waals surface area contributed by atoms with E-state index in [1.54, 1.807) is 55.5 Å². The zero-order chi connectivity index (χ0) is 31.0. The Morgan fingerprint density at radius 2 is 1.62 bits per heavy atom. The highest BCUT2D eigenvalue weighted by Crippen LogP contribution is 2.34. The van der Waals surface area contributed by atoms with Crippen molar-refractivity contribution in [1.29, 1.82) is 0 Å². The van der Waals surface area contributed by atoms with E-state index in [9.17, 15) is 18.0 Å². The zero-order valence-corrected chi connectivity index (χ0v) is 26.3. The topological polar surface area (TPSA) is 105 Å². The van der Waals surface area contributed by atoms with Crippen LogP contribution in [0.2, 0.25) is 5.02 Å². The lowest BCUT2D eigenvalue weighted by Gasteiger charge is -2.32. The van der Waals surface area contributed by atoms with Gasteiger partial charge in [0, 0.05) is 23.7 Å². The normalized spacial score (nSPS) is 12.6. The second-order valence-electron chi connectivity index (χ2n) is 10.0. The number of anilines is 1. The third kappa shape index (κ3) is 7.95. The van der Waals surface area contributed by atoms with Crippen molar-refractivity contribution in [2.45, 2.75) is 57.6 Å². The van der Waals surface area contributed by atoms with Gasteiger partial charge in [-0.2, -0.15) is 0 Å². The molecule has 0 fully saturated rings. The summed E-state index contributed by atoms with van der Waals surface area (Å²) in [7, 11) is -1.31. The van der Waals surface area contributed by atoms with E-state index < -0.39 is 28.5 Å². The molecule has 2 atom stereocenters. The van der Waals surface area contributed by atoms with Gasteiger partial charge in [-0.15, -0.1) is 0 Å². The van der Waals surface area contributed by atoms with Gasteiger partial charge < -0.3 is 19.7 Å². The molecule has 1 N–H and O–H groups in total. The van der Waals surface area contributed by atoms with Crippen molar-refractivity contribution in [1.82, 2.24) is 10.2 Å². The maximum Gasteiger partial charge on any atom is 0.264 e. The van der Waals surface area contributed by atoms with Crippen LogP contribution in [0.1, 0.15) is 38.3 Å². The third-order valence-corrected chi connectivity index (χ3v) is 8.98. The van der Waals surface area contributed by atoms with Crippen molar-refractivity contribution in [3.63, 3.8) is 0 Å². The number of halogens is 1. The number of benzene rings is 3. The van der Waals surface area contributed by atoms with E-state index in [1.807, 2.05) is 20.8 Å². The van der Waals surface area contributed by atoms with Gasteiger partial charge in [-0.1, -0.05) is 48.4 Å². The number of nitrogens with zero attached hydrogens (tertiary/aromatic N) is 2. The first-order valence-corrected chi connectivity index (χ1v) is 15.4. The highest BCUT2D eigenvalue weighted by Gasteiger charge is 2.33. The molecule has 3 aromatic carbocycles. The molecule has 0 aliphatic heterocycles. The number of carbonyl (C=O) groups excluding carboxylic acids is 2. The minimum atomic E-state index is -4.22. The number of sulfonamides is 1. The van der Waals surface area contributed by atoms with Crippen LogP contribution in [-0.2, 0) is 26.2 Å². The van der Waals surface area contributed by atoms with Crippen LogP contribution in [0.4, 0.5) is 5.69 Å². The molecule has 226 valence electrons. The lowest BCUT2D eigenvalue weighted by molar-refractivity contribution is -0.139. The van der Waals surface area contributed by atoms with E-state index in [1.165, 1.54) is 37.3 Å². The summed E-state index contributed by atoms with van der Waals surface area (Å²) in [5.41, 5.74) is 1.77. The molecule has 0 heterocycles. The van der Waals surface area contributed by atoms with E-state index in [-0.39, 0.29) is 29.1 Å². The van der Waals surface area contributed by atoms with E-state index in [0.717, 1.165) is 9.87 Å². The number of hydrogen-bond donors (Lipinski definition) is 1. The largest absolute Gasteiger partial charge is 0.493 e. The molecule has 0 aromatic heterocycles. The Morgan fingerprint density at radius 1 is 0.952 bits per heavy atom. The molecular weight excluding hydrogens is 578 g/mol. The van der Waals surface area contributed by atoms with Gasteiger partial charge in [0.15, 0.2) is 11.5 Å². The Balaban J connectivity index is 2.09. The summed E-state index contributed by atoms with van der Waals surface area (Å²) in [6, 6.07) is 16.9. The summed E-state index contributed by atoms with van der Waals surface area (Å²) < 4.78 is 39.8. The van der Waals surface area contributed by atoms with Gasteiger partial charge in [-0.25, -0.2) is 8.42 Å². The predicted molar refractivity (Wildman–Crippen MR) is 165 cm³/mol. The highest BCUT2D eigenvalue weighted by atomic mass is 35.5. The zero-order valence-electron chi connectivity index (χ0n) is 24.8. The number of carbonyl (C=O) groups is 2. The Morgan fingerprint density at radius 3 is 2.21 bits per heavy atom. The molecule has 0 spiro atoms. The standard InChI is InChI=1S/C31H38ClN3O6S/c1-7-22(3)33-31(37)23(4)34(19-24-9-8-10-25(32)17-24)30(36)20-35(26-13-16-28(40-5)29(18-26)41-6)42(38,39)27-14-11-21(2)12-15-27/h8-18,22-23H,7,19-20H2,1-6H3,(H,33,37)/t22-,23-/m0/s1. The Kier molecular flexibility index (Phi) is 11.2. The van der Waals surface area contributed by atoms with Gasteiger partial charge in [0.05, 0.1) is 24.8 Å². The summed E-state index contributed by atoms with van der Waals surface area (Å²) in [4.78, 5) is 28.6. The molecule has 0 bridgehead atoms. The van der Waals surface area contributed by atoms with Crippen LogP contribution >= 0.6 is 11.6 Å². The summed E-state index contributed by atoms with van der Waals surface area (Å²) in [5.74, 6) is -0.229. The Labute approximate surface area is 253 Å². The smallest absolute Gasteiger partial charge is 0.264 e. The Hall–Kier alpha value is -3.76. The molecule has 3 rings (SSSR count). The fraction of sp³-hybridized carbons (Fsp3) is 0.355. The fourth-order valence-electron chi connectivity index (χ4n) is 4.23. The average Bonchev–Trinajstić information content (AvgIpc) is 2.97. The molecule has 0 saturated carbocycles. The van der Waals surface area contributed by atoms with E-state index in [2.05, 4.69) is 5.32 Å². The van der Waals surface area contributed by atoms with Crippen molar-refractivity contribution >= 4 is 39.1 Å². The van der Waals surface area contributed by atoms with E-state index >= 15 is 0 Å². The molecule has 11 heteroatoms. The van der Waals surface area contributed by atoms with Crippen LogP contribution in [0.5, 0.6) is 11.5 Å². The monoisotopic (exact) mass is 615 g/mol. The summed E-state index contributed by atoms with van der Waals surface area (Å²) in [6.45, 7) is 6.76. The first-order chi connectivity index (χ1) is 19.9. The quantitative estimate of drug-likeness (QED) is 0.284. The molecular formula is C31H38ClN3O6S. The molecule has 2 amide bonds. The fourth-order valence-corrected chi connectivity index (χ4v) is 5.85. The van der Waals surface area contributed by atoms with Crippen LogP contribution in [0, 0.1) is 6.92 Å². The first kappa shape index (κ1) is 32.8. The number of ether oxygens (including phenoxy) is 2. The molecule has 0 unspecified atom stereocenters. The van der Waals surface area contributed by atoms with Gasteiger partial charge in [0.2, 0.25) is 11.8 Å². The van der Waals surface area contributed by atoms with Crippen LogP contribution < -0.4 is 19.1 Å². The van der Waals surface area contributed by atoms with Gasteiger partial charge >= 0.3 is 0 Å². The predicted octanol–water partition coefficient (Wildman–Crippen LogP) is 5.19. The van der Waals surface area contributed by atoms with Crippen LogP contribution in [0.3, 0.4) is 0 Å². The lowest BCUT2D eigenvalue weighted by atomic mass is 10.1. The van der Waals surface area contributed by atoms with Gasteiger partial charge in [0.25, 0.3) is 10.0 Å². The first-order valence-electron chi connectivity index (χ1n) is 13.6. The number of nitrogens with one attached hydrogen (secondary N) is 1. The Bertz CT molecular complexity index is 1500. The van der Waals surface area contributed by atoms with Crippen LogP contribution in [0.25, 0.3) is 0 Å². The maximum absolute atomic E-state index is 14.1. The molecule has 0 saturated heterocycles. The van der Waals surface area contributed by atoms with Crippen LogP contribution in [0.15, 0.2) is 71.6 Å². The van der Waals surface area contributed by atoms with Crippen molar-refractivity contribution in [3.8, 4) is 11.5 Å². The number of methoxy groups -OCH3 is 2. The van der Waals surface area contributed by atoms with Crippen molar-refractivity contribution in [2.75, 3.05) is 25.1 Å². The van der Waals surface area contributed by atoms with Gasteiger partial charge in [-0.3, -0.25) is 13.9 Å². The lowest BCUT2D eigenvalue weighted by Crippen LogP contribution is -2.52. The van der Waals surface area contributed by atoms with E-state index in [4.69, 9.17) is 21.1 Å². The number of rotatable bonds is 13. The molecule has 9 nitrogen and oxygen atoms in total. The minimum absolute atomic E-state index is 0.0136. The van der Waals surface area contributed by atoms with E-state index in [0.29, 0.717) is 28.5 Å². The minimum Gasteiger partial charge on any atom is -0.493 e. The van der Waals surface area contributed by atoms with Gasteiger partial charge in [0.1, 0.15) is 12.6 Å². The summed E-state index contributed by atoms with van der Waals surface area (Å²) >= 11 is 6.20. The highest BCUT2D eigenvalue weighted by molar-refractivity contribution is 7.92. The molecule has 0 radical (unpaired) electrons. The third-order valence-electron chi connectivity index (χ3n) is 6.95. The van der Waals surface area contributed by atoms with Crippen molar-refractivity contribution in [3.05, 3.63) is 82.9 Å². The summed E-state index contributed by atoms with van der Waals surface area (Å²) in [5, 5.41) is 3.39. The van der Waals surface area contributed by atoms with Crippen LogP contribution in [-0.4, -0.2) is 58.0 Å². The number of amides is 2. The second kappa shape index (κ2) is 14.4.